The molecule has 3 aromatic carbocycles. The van der Waals surface area contributed by atoms with E-state index in [0.29, 0.717) is 15.7 Å². The summed E-state index contributed by atoms with van der Waals surface area (Å²) >= 11 is 8.47. The van der Waals surface area contributed by atoms with Crippen molar-refractivity contribution >= 4 is 62.6 Å². The van der Waals surface area contributed by atoms with Crippen molar-refractivity contribution in [1.82, 2.24) is 9.55 Å². The quantitative estimate of drug-likeness (QED) is 0.0920. The SMILES string of the molecule is CCCCCCC1=C(c2ccc(-c3nc4ccccc4n3-c3ccccc3)cc2)SC(C2=C(CCCCCC)CC(c3cc4c(s3)CC(C3OCC(C)(C)CO3)S4)S2)C1. The van der Waals surface area contributed by atoms with E-state index in [4.69, 9.17) is 14.5 Å². The van der Waals surface area contributed by atoms with Crippen LogP contribution in [0.4, 0.5) is 0 Å². The van der Waals surface area contributed by atoms with Gasteiger partial charge in [0.15, 0.2) is 6.29 Å². The molecule has 9 rings (SSSR count). The summed E-state index contributed by atoms with van der Waals surface area (Å²) in [5.41, 5.74) is 9.36. The topological polar surface area (TPSA) is 36.3 Å². The molecule has 1 fully saturated rings. The molecule has 310 valence electrons. The van der Waals surface area contributed by atoms with E-state index in [0.717, 1.165) is 47.7 Å². The van der Waals surface area contributed by atoms with Gasteiger partial charge in [-0.25, -0.2) is 4.98 Å². The number of allylic oxidation sites excluding steroid dienone is 2. The van der Waals surface area contributed by atoms with Gasteiger partial charge in [-0.1, -0.05) is 132 Å². The number of thiophene rings is 1. The maximum absolute atomic E-state index is 6.23. The maximum atomic E-state index is 6.23. The molecule has 0 radical (unpaired) electrons. The Labute approximate surface area is 369 Å². The van der Waals surface area contributed by atoms with Gasteiger partial charge in [-0.15, -0.1) is 46.6 Å². The van der Waals surface area contributed by atoms with Crippen molar-refractivity contribution in [2.24, 2.45) is 5.41 Å². The van der Waals surface area contributed by atoms with Crippen molar-refractivity contribution in [3.63, 3.8) is 0 Å². The molecule has 8 heteroatoms. The van der Waals surface area contributed by atoms with Crippen molar-refractivity contribution < 1.29 is 9.47 Å². The van der Waals surface area contributed by atoms with E-state index in [9.17, 15) is 0 Å². The Balaban J connectivity index is 0.952. The summed E-state index contributed by atoms with van der Waals surface area (Å²) < 4.78 is 14.8. The zero-order valence-electron chi connectivity index (χ0n) is 35.3. The lowest BCUT2D eigenvalue weighted by Gasteiger charge is -2.36. The van der Waals surface area contributed by atoms with E-state index in [1.54, 1.807) is 25.8 Å². The van der Waals surface area contributed by atoms with Gasteiger partial charge in [-0.05, 0) is 85.7 Å². The van der Waals surface area contributed by atoms with Gasteiger partial charge in [0.1, 0.15) is 5.82 Å². The summed E-state index contributed by atoms with van der Waals surface area (Å²) in [4.78, 5) is 13.0. The third-order valence-electron chi connectivity index (χ3n) is 12.4. The van der Waals surface area contributed by atoms with Crippen molar-refractivity contribution in [3.05, 3.63) is 116 Å². The van der Waals surface area contributed by atoms with Crippen LogP contribution in [-0.2, 0) is 15.9 Å². The third kappa shape index (κ3) is 9.25. The number of para-hydroxylation sites is 3. The van der Waals surface area contributed by atoms with Crippen LogP contribution in [0.3, 0.4) is 0 Å². The highest BCUT2D eigenvalue weighted by atomic mass is 32.2. The zero-order valence-corrected chi connectivity index (χ0v) is 38.6. The summed E-state index contributed by atoms with van der Waals surface area (Å²) in [6, 6.07) is 31.1. The fourth-order valence-electron chi connectivity index (χ4n) is 9.16. The first-order chi connectivity index (χ1) is 28.9. The minimum absolute atomic E-state index is 0.0917. The van der Waals surface area contributed by atoms with Crippen molar-refractivity contribution in [2.75, 3.05) is 13.2 Å². The van der Waals surface area contributed by atoms with E-state index >= 15 is 0 Å². The predicted octanol–water partition coefficient (Wildman–Crippen LogP) is 15.5. The first-order valence-corrected chi connectivity index (χ1v) is 25.8. The van der Waals surface area contributed by atoms with Crippen LogP contribution in [0.1, 0.15) is 125 Å². The molecule has 6 heterocycles. The van der Waals surface area contributed by atoms with E-state index in [1.807, 2.05) is 11.8 Å². The second-order valence-electron chi connectivity index (χ2n) is 17.8. The first-order valence-electron chi connectivity index (χ1n) is 22.3. The fraction of sp³-hybridized carbons (Fsp3) is 0.471. The van der Waals surface area contributed by atoms with Crippen molar-refractivity contribution in [3.8, 4) is 17.1 Å². The Hall–Kier alpha value is -2.72. The van der Waals surface area contributed by atoms with Gasteiger partial charge in [-0.3, -0.25) is 4.57 Å². The highest BCUT2D eigenvalue weighted by molar-refractivity contribution is 8.11. The number of aromatic nitrogens is 2. The predicted molar refractivity (Wildman–Crippen MR) is 256 cm³/mol. The van der Waals surface area contributed by atoms with Crippen molar-refractivity contribution in [2.45, 2.75) is 138 Å². The molecule has 0 bridgehead atoms. The van der Waals surface area contributed by atoms with Crippen LogP contribution < -0.4 is 0 Å². The standard InChI is InChI=1S/C51H60N2O2S4/c1-5-7-9-12-18-36-29-45(59-47(36)34-24-26-35(27-25-34)49-52-39-22-16-17-23-40(39)53(49)38-20-14-11-15-21-38)48-37(19-13-10-8-6-2)28-41(58-48)42-30-43-44(56-42)31-46(57-43)50-54-32-51(3,4)33-55-50/h11,14-17,20-27,30,41,45-46,50H,5-10,12-13,18-19,28-29,31-33H2,1-4H3. The summed E-state index contributed by atoms with van der Waals surface area (Å²) in [5, 5.41) is 1.42. The van der Waals surface area contributed by atoms with E-state index in [2.05, 4.69) is 152 Å². The molecular formula is C51H60N2O2S4. The minimum Gasteiger partial charge on any atom is -0.351 e. The first kappa shape index (κ1) is 41.6. The number of unbranched alkanes of at least 4 members (excludes halogenated alkanes) is 6. The smallest absolute Gasteiger partial charge is 0.170 e. The lowest BCUT2D eigenvalue weighted by Crippen LogP contribution is -2.42. The van der Waals surface area contributed by atoms with Crippen LogP contribution in [0.2, 0.25) is 0 Å². The third-order valence-corrected chi connectivity index (χ3v) is 18.3. The number of nitrogens with zero attached hydrogens (tertiary/aromatic N) is 2. The average Bonchev–Trinajstić information content (AvgIpc) is 4.09. The lowest BCUT2D eigenvalue weighted by molar-refractivity contribution is -0.220. The molecule has 4 aliphatic heterocycles. The lowest BCUT2D eigenvalue weighted by atomic mass is 9.95. The number of benzene rings is 3. The molecule has 3 atom stereocenters. The van der Waals surface area contributed by atoms with Gasteiger partial charge in [-0.2, -0.15) is 0 Å². The molecule has 0 aliphatic carbocycles. The normalized spacial score (nSPS) is 22.0. The molecule has 4 nitrogen and oxygen atoms in total. The van der Waals surface area contributed by atoms with Crippen LogP contribution in [-0.4, -0.2) is 39.6 Å². The maximum Gasteiger partial charge on any atom is 0.170 e. The Morgan fingerprint density at radius 2 is 1.37 bits per heavy atom. The largest absolute Gasteiger partial charge is 0.351 e. The molecule has 59 heavy (non-hydrogen) atoms. The fourth-order valence-corrected chi connectivity index (χ4v) is 15.4. The number of fused-ring (bicyclic) bond motifs is 2. The minimum atomic E-state index is -0.0917. The van der Waals surface area contributed by atoms with Crippen LogP contribution in [0, 0.1) is 5.41 Å². The average molecular weight is 861 g/mol. The Morgan fingerprint density at radius 1 is 0.695 bits per heavy atom. The molecular weight excluding hydrogens is 801 g/mol. The highest BCUT2D eigenvalue weighted by Gasteiger charge is 2.40. The number of rotatable bonds is 16. The van der Waals surface area contributed by atoms with Crippen LogP contribution >= 0.6 is 46.6 Å². The molecule has 0 amide bonds. The van der Waals surface area contributed by atoms with Gasteiger partial charge in [0, 0.05) is 46.7 Å². The van der Waals surface area contributed by atoms with Gasteiger partial charge in [0.2, 0.25) is 0 Å². The molecule has 0 N–H and O–H groups in total. The summed E-state index contributed by atoms with van der Waals surface area (Å²) in [5.74, 6) is 0.995. The summed E-state index contributed by atoms with van der Waals surface area (Å²) in [7, 11) is 0. The Morgan fingerprint density at radius 3 is 2.10 bits per heavy atom. The summed E-state index contributed by atoms with van der Waals surface area (Å²) in [6.45, 7) is 10.7. The van der Waals surface area contributed by atoms with Crippen LogP contribution in [0.5, 0.6) is 0 Å². The van der Waals surface area contributed by atoms with Gasteiger partial charge >= 0.3 is 0 Å². The van der Waals surface area contributed by atoms with Crippen LogP contribution in [0.25, 0.3) is 33.0 Å². The Kier molecular flexibility index (Phi) is 13.2. The number of thioether (sulfide) groups is 3. The zero-order chi connectivity index (χ0) is 40.3. The molecule has 3 unspecified atom stereocenters. The molecule has 2 aromatic heterocycles. The number of hydrogen-bond acceptors (Lipinski definition) is 7. The molecule has 5 aromatic rings. The highest BCUT2D eigenvalue weighted by Crippen LogP contribution is 2.60. The Bertz CT molecular complexity index is 2250. The van der Waals surface area contributed by atoms with Gasteiger partial charge in [0.05, 0.1) is 29.5 Å². The van der Waals surface area contributed by atoms with Gasteiger partial charge in [0.25, 0.3) is 0 Å². The number of ether oxygens (including phenoxy) is 2. The number of imidazole rings is 1. The molecule has 0 saturated carbocycles. The molecule has 4 aliphatic rings. The van der Waals surface area contributed by atoms with Gasteiger partial charge < -0.3 is 9.47 Å². The second kappa shape index (κ2) is 18.7. The molecule has 1 saturated heterocycles. The van der Waals surface area contributed by atoms with E-state index in [1.165, 1.54) is 92.4 Å². The van der Waals surface area contributed by atoms with Crippen molar-refractivity contribution in [1.29, 1.82) is 0 Å². The monoisotopic (exact) mass is 860 g/mol. The van der Waals surface area contributed by atoms with E-state index < -0.39 is 0 Å². The summed E-state index contributed by atoms with van der Waals surface area (Å²) in [6.07, 6.45) is 16.3. The second-order valence-corrected chi connectivity index (χ2v) is 22.7. The van der Waals surface area contributed by atoms with E-state index in [-0.39, 0.29) is 11.7 Å². The number of hydrogen-bond donors (Lipinski definition) is 0. The van der Waals surface area contributed by atoms with Crippen LogP contribution in [0.15, 0.2) is 106 Å². The molecule has 0 spiro atoms.